The molecule has 0 bridgehead atoms. The second-order valence-electron chi connectivity index (χ2n) is 3.86. The van der Waals surface area contributed by atoms with Gasteiger partial charge in [-0.05, 0) is 24.3 Å². The largest absolute Gasteiger partial charge is 0.395 e. The van der Waals surface area contributed by atoms with E-state index in [1.165, 1.54) is 4.90 Å². The van der Waals surface area contributed by atoms with Crippen LogP contribution in [0.25, 0.3) is 10.9 Å². The molecule has 0 saturated heterocycles. The number of benzene rings is 1. The fraction of sp³-hybridized carbons (Fsp3) is 0.231. The predicted molar refractivity (Wildman–Crippen MR) is 65.8 cm³/mol. The number of aromatic nitrogens is 1. The van der Waals surface area contributed by atoms with Crippen molar-refractivity contribution in [3.8, 4) is 0 Å². The Morgan fingerprint density at radius 1 is 1.41 bits per heavy atom. The highest BCUT2D eigenvalue weighted by atomic mass is 16.3. The van der Waals surface area contributed by atoms with Gasteiger partial charge in [-0.1, -0.05) is 6.07 Å². The van der Waals surface area contributed by atoms with Crippen molar-refractivity contribution in [2.24, 2.45) is 0 Å². The van der Waals surface area contributed by atoms with E-state index in [0.717, 1.165) is 10.9 Å². The molecule has 2 rings (SSSR count). The second kappa shape index (κ2) is 4.93. The van der Waals surface area contributed by atoms with Gasteiger partial charge < -0.3 is 10.0 Å². The number of amides is 1. The number of pyridine rings is 1. The minimum absolute atomic E-state index is 0.0304. The van der Waals surface area contributed by atoms with Crippen molar-refractivity contribution in [3.05, 3.63) is 42.1 Å². The smallest absolute Gasteiger partial charge is 0.253 e. The summed E-state index contributed by atoms with van der Waals surface area (Å²) in [5.41, 5.74) is 1.48. The van der Waals surface area contributed by atoms with E-state index in [-0.39, 0.29) is 12.5 Å². The van der Waals surface area contributed by atoms with E-state index in [2.05, 4.69) is 4.98 Å². The van der Waals surface area contributed by atoms with Crippen LogP contribution in [0.2, 0.25) is 0 Å². The molecule has 4 nitrogen and oxygen atoms in total. The van der Waals surface area contributed by atoms with E-state index in [1.54, 1.807) is 19.3 Å². The van der Waals surface area contributed by atoms with Crippen molar-refractivity contribution in [1.29, 1.82) is 0 Å². The Morgan fingerprint density at radius 3 is 3.00 bits per heavy atom. The maximum absolute atomic E-state index is 12.0. The lowest BCUT2D eigenvalue weighted by Gasteiger charge is -2.15. The van der Waals surface area contributed by atoms with Crippen LogP contribution in [0.1, 0.15) is 10.4 Å². The highest BCUT2D eigenvalue weighted by Crippen LogP contribution is 2.14. The molecule has 1 N–H and O–H groups in total. The zero-order valence-electron chi connectivity index (χ0n) is 9.63. The van der Waals surface area contributed by atoms with Crippen LogP contribution in [-0.2, 0) is 0 Å². The first kappa shape index (κ1) is 11.5. The molecule has 0 radical (unpaired) electrons. The van der Waals surface area contributed by atoms with Gasteiger partial charge in [-0.3, -0.25) is 9.78 Å². The lowest BCUT2D eigenvalue weighted by atomic mass is 10.1. The molecule has 0 saturated carbocycles. The Morgan fingerprint density at radius 2 is 2.24 bits per heavy atom. The van der Waals surface area contributed by atoms with Crippen LogP contribution in [0.4, 0.5) is 0 Å². The average Bonchev–Trinajstić information content (AvgIpc) is 2.37. The molecule has 1 aromatic heterocycles. The predicted octanol–water partition coefficient (Wildman–Crippen LogP) is 1.30. The number of fused-ring (bicyclic) bond motifs is 1. The molecule has 0 aliphatic carbocycles. The summed E-state index contributed by atoms with van der Waals surface area (Å²) in [5.74, 6) is -0.0928. The Labute approximate surface area is 99.5 Å². The van der Waals surface area contributed by atoms with Crippen molar-refractivity contribution in [2.45, 2.75) is 0 Å². The number of aliphatic hydroxyl groups is 1. The quantitative estimate of drug-likeness (QED) is 0.864. The van der Waals surface area contributed by atoms with E-state index in [0.29, 0.717) is 12.1 Å². The van der Waals surface area contributed by atoms with Gasteiger partial charge in [0.1, 0.15) is 0 Å². The van der Waals surface area contributed by atoms with Crippen molar-refractivity contribution in [1.82, 2.24) is 9.88 Å². The van der Waals surface area contributed by atoms with Crippen LogP contribution in [0.15, 0.2) is 36.5 Å². The summed E-state index contributed by atoms with van der Waals surface area (Å²) in [6.45, 7) is 0.307. The summed E-state index contributed by atoms with van der Waals surface area (Å²) in [5, 5.41) is 9.74. The average molecular weight is 230 g/mol. The molecule has 0 unspecified atom stereocenters. The molecule has 1 aromatic carbocycles. The molecular weight excluding hydrogens is 216 g/mol. The maximum Gasteiger partial charge on any atom is 0.253 e. The zero-order valence-corrected chi connectivity index (χ0v) is 9.63. The third-order valence-electron chi connectivity index (χ3n) is 2.63. The zero-order chi connectivity index (χ0) is 12.3. The summed E-state index contributed by atoms with van der Waals surface area (Å²) >= 11 is 0. The first-order valence-electron chi connectivity index (χ1n) is 5.43. The first-order valence-corrected chi connectivity index (χ1v) is 5.43. The fourth-order valence-electron chi connectivity index (χ4n) is 1.68. The van der Waals surface area contributed by atoms with Crippen molar-refractivity contribution in [2.75, 3.05) is 20.2 Å². The highest BCUT2D eigenvalue weighted by molar-refractivity contribution is 5.97. The van der Waals surface area contributed by atoms with Gasteiger partial charge in [0.15, 0.2) is 0 Å². The minimum Gasteiger partial charge on any atom is -0.395 e. The molecule has 17 heavy (non-hydrogen) atoms. The van der Waals surface area contributed by atoms with E-state index in [1.807, 2.05) is 24.3 Å². The standard InChI is InChI=1S/C13H14N2O2/c1-15(7-8-16)13(17)11-4-5-12-10(9-11)3-2-6-14-12/h2-6,9,16H,7-8H2,1H3. The summed E-state index contributed by atoms with van der Waals surface area (Å²) < 4.78 is 0. The summed E-state index contributed by atoms with van der Waals surface area (Å²) in [4.78, 5) is 17.7. The van der Waals surface area contributed by atoms with Gasteiger partial charge in [-0.25, -0.2) is 0 Å². The molecule has 0 aliphatic heterocycles. The van der Waals surface area contributed by atoms with Gasteiger partial charge in [0, 0.05) is 30.7 Å². The number of rotatable bonds is 3. The van der Waals surface area contributed by atoms with E-state index in [4.69, 9.17) is 5.11 Å². The molecule has 0 spiro atoms. The number of likely N-dealkylation sites (N-methyl/N-ethyl adjacent to an activating group) is 1. The van der Waals surface area contributed by atoms with E-state index in [9.17, 15) is 4.79 Å². The monoisotopic (exact) mass is 230 g/mol. The second-order valence-corrected chi connectivity index (χ2v) is 3.86. The van der Waals surface area contributed by atoms with Crippen molar-refractivity contribution >= 4 is 16.8 Å². The van der Waals surface area contributed by atoms with Crippen molar-refractivity contribution in [3.63, 3.8) is 0 Å². The van der Waals surface area contributed by atoms with E-state index >= 15 is 0 Å². The van der Waals surface area contributed by atoms with Gasteiger partial charge in [0.05, 0.1) is 12.1 Å². The molecule has 4 heteroatoms. The lowest BCUT2D eigenvalue weighted by Crippen LogP contribution is -2.29. The summed E-state index contributed by atoms with van der Waals surface area (Å²) in [7, 11) is 1.67. The molecular formula is C13H14N2O2. The third-order valence-corrected chi connectivity index (χ3v) is 2.63. The Kier molecular flexibility index (Phi) is 3.35. The molecule has 1 heterocycles. The Hall–Kier alpha value is -1.94. The fourth-order valence-corrected chi connectivity index (χ4v) is 1.68. The van der Waals surface area contributed by atoms with Crippen LogP contribution in [0.3, 0.4) is 0 Å². The number of nitrogens with zero attached hydrogens (tertiary/aromatic N) is 2. The first-order chi connectivity index (χ1) is 8.22. The maximum atomic E-state index is 12.0. The number of carbonyl (C=O) groups excluding carboxylic acids is 1. The number of hydrogen-bond donors (Lipinski definition) is 1. The normalized spacial score (nSPS) is 10.5. The molecule has 1 amide bonds. The molecule has 0 aliphatic rings. The molecule has 0 fully saturated rings. The summed E-state index contributed by atoms with van der Waals surface area (Å²) in [6.07, 6.45) is 1.72. The molecule has 0 atom stereocenters. The van der Waals surface area contributed by atoms with Crippen LogP contribution >= 0.6 is 0 Å². The third kappa shape index (κ3) is 2.42. The summed E-state index contributed by atoms with van der Waals surface area (Å²) in [6, 6.07) is 9.17. The van der Waals surface area contributed by atoms with Crippen LogP contribution in [0.5, 0.6) is 0 Å². The van der Waals surface area contributed by atoms with Crippen molar-refractivity contribution < 1.29 is 9.90 Å². The minimum atomic E-state index is -0.0928. The van der Waals surface area contributed by atoms with Gasteiger partial charge in [0.2, 0.25) is 0 Å². The molecule has 88 valence electrons. The van der Waals surface area contributed by atoms with Gasteiger partial charge >= 0.3 is 0 Å². The van der Waals surface area contributed by atoms with Gasteiger partial charge in [-0.15, -0.1) is 0 Å². The number of aliphatic hydroxyl groups excluding tert-OH is 1. The molecule has 2 aromatic rings. The van der Waals surface area contributed by atoms with Crippen LogP contribution < -0.4 is 0 Å². The lowest BCUT2D eigenvalue weighted by molar-refractivity contribution is 0.0767. The number of carbonyl (C=O) groups is 1. The number of hydrogen-bond acceptors (Lipinski definition) is 3. The Bertz CT molecular complexity index is 540. The van der Waals surface area contributed by atoms with Gasteiger partial charge in [-0.2, -0.15) is 0 Å². The van der Waals surface area contributed by atoms with Crippen LogP contribution in [0, 0.1) is 0 Å². The van der Waals surface area contributed by atoms with Crippen LogP contribution in [-0.4, -0.2) is 41.1 Å². The highest BCUT2D eigenvalue weighted by Gasteiger charge is 2.11. The SMILES string of the molecule is CN(CCO)C(=O)c1ccc2ncccc2c1. The Balaban J connectivity index is 2.33. The topological polar surface area (TPSA) is 53.4 Å². The van der Waals surface area contributed by atoms with Gasteiger partial charge in [0.25, 0.3) is 5.91 Å². The van der Waals surface area contributed by atoms with E-state index < -0.39 is 0 Å².